The van der Waals surface area contributed by atoms with Crippen molar-refractivity contribution in [1.29, 1.82) is 0 Å². The lowest BCUT2D eigenvalue weighted by Crippen LogP contribution is -2.52. The van der Waals surface area contributed by atoms with Gasteiger partial charge < -0.3 is 19.3 Å². The van der Waals surface area contributed by atoms with Crippen LogP contribution >= 0.6 is 0 Å². The summed E-state index contributed by atoms with van der Waals surface area (Å²) in [5.74, 6) is -5.70. The molecule has 0 aliphatic carbocycles. The molecule has 1 aromatic carbocycles. The van der Waals surface area contributed by atoms with Crippen LogP contribution in [0.1, 0.15) is 24.0 Å². The Kier molecular flexibility index (Phi) is 5.60. The largest absolute Gasteiger partial charge is 0.479 e. The molecule has 0 radical (unpaired) electrons. The highest BCUT2D eigenvalue weighted by Gasteiger charge is 2.68. The number of rotatable bonds is 5. The predicted octanol–water partition coefficient (Wildman–Crippen LogP) is 3.15. The van der Waals surface area contributed by atoms with Crippen LogP contribution in [0, 0.1) is 18.6 Å². The minimum atomic E-state index is -4.99. The SMILES string of the molecule is COCO[C@H]1[C@@H](c2ccc(F)c(F)c2C)[C@H](C(=O)O)O[C@@]1(C)C(F)(F)F. The van der Waals surface area contributed by atoms with Crippen molar-refractivity contribution < 1.29 is 46.1 Å². The fourth-order valence-electron chi connectivity index (χ4n) is 3.10. The third-order valence-corrected chi connectivity index (χ3v) is 4.48. The summed E-state index contributed by atoms with van der Waals surface area (Å²) in [7, 11) is 1.17. The molecule has 0 aromatic heterocycles. The van der Waals surface area contributed by atoms with Crippen molar-refractivity contribution in [2.24, 2.45) is 0 Å². The second-order valence-electron chi connectivity index (χ2n) is 6.08. The zero-order chi connectivity index (χ0) is 19.9. The Morgan fingerprint density at radius 3 is 2.46 bits per heavy atom. The molecular weight excluding hydrogens is 367 g/mol. The van der Waals surface area contributed by atoms with E-state index in [9.17, 15) is 31.9 Å². The fraction of sp³-hybridized carbons (Fsp3) is 0.562. The number of hydrogen-bond donors (Lipinski definition) is 1. The lowest BCUT2D eigenvalue weighted by molar-refractivity contribution is -0.292. The lowest BCUT2D eigenvalue weighted by atomic mass is 9.81. The Bertz CT molecular complexity index is 692. The number of carbonyl (C=O) groups is 1. The molecule has 10 heteroatoms. The summed E-state index contributed by atoms with van der Waals surface area (Å²) in [5, 5.41) is 9.35. The van der Waals surface area contributed by atoms with Crippen LogP contribution in [0.4, 0.5) is 22.0 Å². The first-order valence-electron chi connectivity index (χ1n) is 7.48. The number of halogens is 5. The summed E-state index contributed by atoms with van der Waals surface area (Å²) in [6, 6.07) is 1.75. The average molecular weight is 384 g/mol. The van der Waals surface area contributed by atoms with Crippen LogP contribution < -0.4 is 0 Å². The molecule has 0 spiro atoms. The molecule has 0 unspecified atom stereocenters. The lowest BCUT2D eigenvalue weighted by Gasteiger charge is -2.33. The Hall–Kier alpha value is -1.78. The Balaban J connectivity index is 2.65. The number of alkyl halides is 3. The number of aliphatic carboxylic acids is 1. The zero-order valence-electron chi connectivity index (χ0n) is 14.1. The minimum Gasteiger partial charge on any atom is -0.479 e. The van der Waals surface area contributed by atoms with E-state index in [-0.39, 0.29) is 11.1 Å². The fourth-order valence-corrected chi connectivity index (χ4v) is 3.10. The molecule has 26 heavy (non-hydrogen) atoms. The van der Waals surface area contributed by atoms with Gasteiger partial charge in [-0.05, 0) is 31.0 Å². The summed E-state index contributed by atoms with van der Waals surface area (Å²) < 4.78 is 82.8. The zero-order valence-corrected chi connectivity index (χ0v) is 14.1. The molecule has 1 aliphatic heterocycles. The van der Waals surface area contributed by atoms with E-state index in [0.717, 1.165) is 13.0 Å². The number of ether oxygens (including phenoxy) is 3. The number of carboxylic acid groups (broad SMARTS) is 1. The first-order chi connectivity index (χ1) is 12.0. The molecule has 1 N–H and O–H groups in total. The molecule has 1 heterocycles. The van der Waals surface area contributed by atoms with Crippen molar-refractivity contribution in [2.75, 3.05) is 13.9 Å². The van der Waals surface area contributed by atoms with Crippen LogP contribution in [-0.4, -0.2) is 49.0 Å². The van der Waals surface area contributed by atoms with E-state index < -0.39 is 54.3 Å². The van der Waals surface area contributed by atoms with Gasteiger partial charge in [-0.1, -0.05) is 6.07 Å². The third kappa shape index (κ3) is 3.28. The van der Waals surface area contributed by atoms with Gasteiger partial charge in [0.25, 0.3) is 0 Å². The molecule has 0 saturated carbocycles. The van der Waals surface area contributed by atoms with Crippen molar-refractivity contribution in [3.05, 3.63) is 34.9 Å². The molecule has 4 atom stereocenters. The van der Waals surface area contributed by atoms with E-state index in [1.165, 1.54) is 7.11 Å². The average Bonchev–Trinajstić information content (AvgIpc) is 2.85. The van der Waals surface area contributed by atoms with E-state index >= 15 is 0 Å². The second kappa shape index (κ2) is 7.09. The van der Waals surface area contributed by atoms with Crippen molar-refractivity contribution in [1.82, 2.24) is 0 Å². The highest BCUT2D eigenvalue weighted by molar-refractivity contribution is 5.75. The van der Waals surface area contributed by atoms with Crippen molar-refractivity contribution >= 4 is 5.97 Å². The van der Waals surface area contributed by atoms with Crippen LogP contribution in [0.15, 0.2) is 12.1 Å². The maximum atomic E-state index is 13.9. The maximum Gasteiger partial charge on any atom is 0.419 e. The van der Waals surface area contributed by atoms with E-state index in [0.29, 0.717) is 13.0 Å². The smallest absolute Gasteiger partial charge is 0.419 e. The van der Waals surface area contributed by atoms with Crippen LogP contribution in [0.3, 0.4) is 0 Å². The molecule has 1 aromatic rings. The first kappa shape index (κ1) is 20.5. The summed E-state index contributed by atoms with van der Waals surface area (Å²) >= 11 is 0. The van der Waals surface area contributed by atoms with Gasteiger partial charge in [0, 0.05) is 7.11 Å². The quantitative estimate of drug-likeness (QED) is 0.624. The van der Waals surface area contributed by atoms with Gasteiger partial charge in [-0.2, -0.15) is 13.2 Å². The van der Waals surface area contributed by atoms with Crippen LogP contribution in [0.5, 0.6) is 0 Å². The van der Waals surface area contributed by atoms with Crippen molar-refractivity contribution in [2.45, 2.75) is 43.8 Å². The van der Waals surface area contributed by atoms with Crippen molar-refractivity contribution in [3.63, 3.8) is 0 Å². The molecule has 0 amide bonds. The monoisotopic (exact) mass is 384 g/mol. The van der Waals surface area contributed by atoms with Crippen molar-refractivity contribution in [3.8, 4) is 0 Å². The standard InChI is InChI=1S/C16H17F5O5/c1-7-8(4-5-9(17)11(7)18)10-12(14(22)23)26-15(2,16(19,20)21)13(10)25-6-24-3/h4-5,10,12-13H,6H2,1-3H3,(H,22,23)/t10-,12+,13-,15+/m0/s1. The molecule has 1 saturated heterocycles. The van der Waals surface area contributed by atoms with Gasteiger partial charge in [-0.3, -0.25) is 0 Å². The summed E-state index contributed by atoms with van der Waals surface area (Å²) in [5.41, 5.74) is -3.45. The Morgan fingerprint density at radius 1 is 1.35 bits per heavy atom. The summed E-state index contributed by atoms with van der Waals surface area (Å²) in [6.07, 6.45) is -8.82. The van der Waals surface area contributed by atoms with Gasteiger partial charge in [0.2, 0.25) is 0 Å². The third-order valence-electron chi connectivity index (χ3n) is 4.48. The van der Waals surface area contributed by atoms with Crippen LogP contribution in [0.25, 0.3) is 0 Å². The normalized spacial score (nSPS) is 29.2. The van der Waals surface area contributed by atoms with E-state index in [1.807, 2.05) is 0 Å². The van der Waals surface area contributed by atoms with Gasteiger partial charge in [-0.25, -0.2) is 13.6 Å². The highest BCUT2D eigenvalue weighted by atomic mass is 19.4. The molecule has 0 bridgehead atoms. The highest BCUT2D eigenvalue weighted by Crippen LogP contribution is 2.51. The van der Waals surface area contributed by atoms with Gasteiger partial charge >= 0.3 is 12.1 Å². The molecule has 5 nitrogen and oxygen atoms in total. The number of benzene rings is 1. The minimum absolute atomic E-state index is 0.148. The number of methoxy groups -OCH3 is 1. The molecule has 146 valence electrons. The topological polar surface area (TPSA) is 65.0 Å². The summed E-state index contributed by atoms with van der Waals surface area (Å²) in [4.78, 5) is 11.5. The van der Waals surface area contributed by atoms with Crippen LogP contribution in [-0.2, 0) is 19.0 Å². The van der Waals surface area contributed by atoms with E-state index in [2.05, 4.69) is 4.74 Å². The first-order valence-corrected chi connectivity index (χ1v) is 7.48. The van der Waals surface area contributed by atoms with Gasteiger partial charge in [0.05, 0.1) is 5.92 Å². The number of carboxylic acids is 1. The Morgan fingerprint density at radius 2 is 1.96 bits per heavy atom. The Labute approximate surface area is 145 Å². The molecular formula is C16H17F5O5. The molecule has 1 fully saturated rings. The number of hydrogen-bond acceptors (Lipinski definition) is 4. The van der Waals surface area contributed by atoms with E-state index in [1.54, 1.807) is 0 Å². The predicted molar refractivity (Wildman–Crippen MR) is 77.6 cm³/mol. The molecule has 2 rings (SSSR count). The van der Waals surface area contributed by atoms with E-state index in [4.69, 9.17) is 9.47 Å². The second-order valence-corrected chi connectivity index (χ2v) is 6.08. The maximum absolute atomic E-state index is 13.9. The summed E-state index contributed by atoms with van der Waals surface area (Å²) in [6.45, 7) is 1.22. The van der Waals surface area contributed by atoms with Crippen LogP contribution in [0.2, 0.25) is 0 Å². The van der Waals surface area contributed by atoms with Gasteiger partial charge in [-0.15, -0.1) is 0 Å². The van der Waals surface area contributed by atoms with Gasteiger partial charge in [0.1, 0.15) is 12.9 Å². The molecule has 1 aliphatic rings. The van der Waals surface area contributed by atoms with Gasteiger partial charge in [0.15, 0.2) is 23.3 Å².